The summed E-state index contributed by atoms with van der Waals surface area (Å²) in [5.74, 6) is 0.863. The number of hydrogen-bond acceptors (Lipinski definition) is 2. The van der Waals surface area contributed by atoms with Gasteiger partial charge >= 0.3 is 0 Å². The molecule has 1 N–H and O–H groups in total. The van der Waals surface area contributed by atoms with Gasteiger partial charge in [0.25, 0.3) is 0 Å². The zero-order chi connectivity index (χ0) is 11.4. The van der Waals surface area contributed by atoms with Crippen LogP contribution in [0.5, 0.6) is 0 Å². The number of carbonyl (C=O) groups is 1. The summed E-state index contributed by atoms with van der Waals surface area (Å²) in [7, 11) is 0. The van der Waals surface area contributed by atoms with E-state index in [2.05, 4.69) is 5.32 Å². The summed E-state index contributed by atoms with van der Waals surface area (Å²) in [5, 5.41) is 3.19. The molecule has 2 rings (SSSR count). The lowest BCUT2D eigenvalue weighted by atomic mass is 9.95. The summed E-state index contributed by atoms with van der Waals surface area (Å²) in [5.41, 5.74) is -0.114. The zero-order valence-electron chi connectivity index (χ0n) is 9.64. The van der Waals surface area contributed by atoms with Crippen molar-refractivity contribution < 1.29 is 9.53 Å². The highest BCUT2D eigenvalue weighted by Crippen LogP contribution is 2.31. The molecule has 16 heavy (non-hydrogen) atoms. The summed E-state index contributed by atoms with van der Waals surface area (Å²) >= 11 is 6.01. The highest BCUT2D eigenvalue weighted by Gasteiger charge is 2.36. The summed E-state index contributed by atoms with van der Waals surface area (Å²) in [4.78, 5) is 12.1. The van der Waals surface area contributed by atoms with Crippen molar-refractivity contribution in [3.05, 3.63) is 0 Å². The molecule has 0 spiro atoms. The molecule has 2 aliphatic rings. The van der Waals surface area contributed by atoms with Gasteiger partial charge in [0, 0.05) is 25.0 Å². The van der Waals surface area contributed by atoms with E-state index in [-0.39, 0.29) is 17.4 Å². The smallest absolute Gasteiger partial charge is 0.223 e. The molecule has 1 aliphatic carbocycles. The Labute approximate surface area is 102 Å². The van der Waals surface area contributed by atoms with Crippen molar-refractivity contribution in [2.24, 2.45) is 5.92 Å². The molecular formula is C12H20ClNO2. The molecule has 0 radical (unpaired) electrons. The fraction of sp³-hybridized carbons (Fsp3) is 0.917. The average Bonchev–Trinajstić information content (AvgIpc) is 2.79. The van der Waals surface area contributed by atoms with Gasteiger partial charge in [-0.1, -0.05) is 12.8 Å². The maximum Gasteiger partial charge on any atom is 0.223 e. The second-order valence-electron chi connectivity index (χ2n) is 5.00. The maximum atomic E-state index is 12.1. The fourth-order valence-corrected chi connectivity index (χ4v) is 3.00. The van der Waals surface area contributed by atoms with E-state index < -0.39 is 0 Å². The van der Waals surface area contributed by atoms with Crippen molar-refractivity contribution in [3.8, 4) is 0 Å². The van der Waals surface area contributed by atoms with Crippen LogP contribution in [0, 0.1) is 5.92 Å². The molecule has 0 aromatic heterocycles. The van der Waals surface area contributed by atoms with Crippen LogP contribution in [-0.2, 0) is 9.53 Å². The van der Waals surface area contributed by atoms with Gasteiger partial charge in [0.05, 0.1) is 5.54 Å². The van der Waals surface area contributed by atoms with Crippen molar-refractivity contribution in [1.29, 1.82) is 0 Å². The summed E-state index contributed by atoms with van der Waals surface area (Å²) in [6.07, 6.45) is 6.13. The lowest BCUT2D eigenvalue weighted by molar-refractivity contribution is -0.129. The quantitative estimate of drug-likeness (QED) is 0.774. The minimum Gasteiger partial charge on any atom is -0.381 e. The van der Waals surface area contributed by atoms with Gasteiger partial charge in [-0.25, -0.2) is 0 Å². The third-order valence-electron chi connectivity index (χ3n) is 3.80. The zero-order valence-corrected chi connectivity index (χ0v) is 10.4. The van der Waals surface area contributed by atoms with Crippen LogP contribution in [0.15, 0.2) is 0 Å². The van der Waals surface area contributed by atoms with Crippen LogP contribution < -0.4 is 5.32 Å². The van der Waals surface area contributed by atoms with E-state index in [4.69, 9.17) is 16.3 Å². The van der Waals surface area contributed by atoms with Crippen molar-refractivity contribution in [3.63, 3.8) is 0 Å². The Morgan fingerprint density at radius 2 is 1.94 bits per heavy atom. The van der Waals surface area contributed by atoms with Gasteiger partial charge < -0.3 is 10.1 Å². The van der Waals surface area contributed by atoms with Crippen molar-refractivity contribution in [1.82, 2.24) is 5.32 Å². The molecule has 0 bridgehead atoms. The van der Waals surface area contributed by atoms with Crippen LogP contribution in [0.1, 0.15) is 38.5 Å². The number of amides is 1. The van der Waals surface area contributed by atoms with Gasteiger partial charge in [0.15, 0.2) is 0 Å². The first-order valence-electron chi connectivity index (χ1n) is 6.21. The molecule has 92 valence electrons. The normalized spacial score (nSPS) is 25.6. The second kappa shape index (κ2) is 5.37. The number of alkyl halides is 1. The summed E-state index contributed by atoms with van der Waals surface area (Å²) in [6, 6.07) is 0. The molecule has 1 aliphatic heterocycles. The minimum absolute atomic E-state index is 0.114. The highest BCUT2D eigenvalue weighted by atomic mass is 35.5. The molecule has 3 nitrogen and oxygen atoms in total. The van der Waals surface area contributed by atoms with Crippen molar-refractivity contribution >= 4 is 17.5 Å². The van der Waals surface area contributed by atoms with Crippen LogP contribution in [-0.4, -0.2) is 30.5 Å². The third kappa shape index (κ3) is 2.69. The Morgan fingerprint density at radius 1 is 1.31 bits per heavy atom. The first kappa shape index (κ1) is 12.2. The largest absolute Gasteiger partial charge is 0.381 e. The van der Waals surface area contributed by atoms with Crippen molar-refractivity contribution in [2.75, 3.05) is 19.1 Å². The van der Waals surface area contributed by atoms with E-state index in [9.17, 15) is 4.79 Å². The lowest BCUT2D eigenvalue weighted by Crippen LogP contribution is -2.50. The Hall–Kier alpha value is -0.280. The van der Waals surface area contributed by atoms with Gasteiger partial charge in [0.2, 0.25) is 5.91 Å². The molecule has 0 aromatic rings. The second-order valence-corrected chi connectivity index (χ2v) is 5.26. The van der Waals surface area contributed by atoms with Crippen LogP contribution in [0.3, 0.4) is 0 Å². The molecule has 0 aromatic carbocycles. The average molecular weight is 246 g/mol. The predicted octanol–water partition coefficient (Wildman–Crippen LogP) is 2.08. The summed E-state index contributed by atoms with van der Waals surface area (Å²) < 4.78 is 5.27. The number of rotatable bonds is 3. The molecule has 1 saturated heterocycles. The highest BCUT2D eigenvalue weighted by molar-refractivity contribution is 6.18. The van der Waals surface area contributed by atoms with Crippen LogP contribution >= 0.6 is 11.6 Å². The van der Waals surface area contributed by atoms with Gasteiger partial charge in [-0.05, 0) is 25.7 Å². The van der Waals surface area contributed by atoms with Crippen LogP contribution in [0.25, 0.3) is 0 Å². The predicted molar refractivity (Wildman–Crippen MR) is 63.6 cm³/mol. The third-order valence-corrected chi connectivity index (χ3v) is 4.31. The topological polar surface area (TPSA) is 38.3 Å². The molecule has 0 atom stereocenters. The first-order chi connectivity index (χ1) is 7.76. The fourth-order valence-electron chi connectivity index (χ4n) is 2.67. The van der Waals surface area contributed by atoms with Gasteiger partial charge in [-0.2, -0.15) is 0 Å². The molecule has 1 amide bonds. The standard InChI is InChI=1S/C12H20ClNO2/c13-9-12(5-1-2-6-12)14-11(15)10-3-7-16-8-4-10/h10H,1-9H2,(H,14,15). The van der Waals surface area contributed by atoms with Gasteiger partial charge in [0.1, 0.15) is 0 Å². The Bertz CT molecular complexity index is 245. The number of halogens is 1. The number of hydrogen-bond donors (Lipinski definition) is 1. The summed E-state index contributed by atoms with van der Waals surface area (Å²) in [6.45, 7) is 1.43. The SMILES string of the molecule is O=C(NC1(CCl)CCCC1)C1CCOCC1. The number of nitrogens with one attached hydrogen (secondary N) is 1. The first-order valence-corrected chi connectivity index (χ1v) is 6.75. The van der Waals surface area contributed by atoms with Crippen LogP contribution in [0.4, 0.5) is 0 Å². The van der Waals surface area contributed by atoms with E-state index in [1.54, 1.807) is 0 Å². The Kier molecular flexibility index (Phi) is 4.09. The molecule has 1 heterocycles. The molecular weight excluding hydrogens is 226 g/mol. The van der Waals surface area contributed by atoms with E-state index in [0.29, 0.717) is 19.1 Å². The van der Waals surface area contributed by atoms with Crippen molar-refractivity contribution in [2.45, 2.75) is 44.1 Å². The number of ether oxygens (including phenoxy) is 1. The monoisotopic (exact) mass is 245 g/mol. The number of carbonyl (C=O) groups excluding carboxylic acids is 1. The Balaban J connectivity index is 1.89. The molecule has 4 heteroatoms. The minimum atomic E-state index is -0.114. The van der Waals surface area contributed by atoms with Gasteiger partial charge in [-0.3, -0.25) is 4.79 Å². The van der Waals surface area contributed by atoms with Gasteiger partial charge in [-0.15, -0.1) is 11.6 Å². The van der Waals surface area contributed by atoms with Crippen LogP contribution in [0.2, 0.25) is 0 Å². The van der Waals surface area contributed by atoms with E-state index in [1.807, 2.05) is 0 Å². The lowest BCUT2D eigenvalue weighted by Gasteiger charge is -2.31. The molecule has 1 saturated carbocycles. The molecule has 0 unspecified atom stereocenters. The van der Waals surface area contributed by atoms with E-state index in [0.717, 1.165) is 25.7 Å². The Morgan fingerprint density at radius 3 is 2.50 bits per heavy atom. The van der Waals surface area contributed by atoms with E-state index in [1.165, 1.54) is 12.8 Å². The molecule has 2 fully saturated rings. The van der Waals surface area contributed by atoms with E-state index >= 15 is 0 Å². The maximum absolute atomic E-state index is 12.1.